The van der Waals surface area contributed by atoms with Gasteiger partial charge in [-0.1, -0.05) is 12.1 Å². The van der Waals surface area contributed by atoms with Crippen molar-refractivity contribution < 1.29 is 23.8 Å². The van der Waals surface area contributed by atoms with E-state index < -0.39 is 23.9 Å². The van der Waals surface area contributed by atoms with Crippen molar-refractivity contribution in [3.8, 4) is 11.1 Å². The zero-order chi connectivity index (χ0) is 17.3. The van der Waals surface area contributed by atoms with Crippen molar-refractivity contribution in [3.63, 3.8) is 0 Å². The second-order valence-electron chi connectivity index (χ2n) is 5.41. The fraction of sp³-hybridized carbons (Fsp3) is 0.176. The van der Waals surface area contributed by atoms with E-state index in [1.807, 2.05) is 0 Å². The number of primary amides is 1. The van der Waals surface area contributed by atoms with Gasteiger partial charge in [-0.05, 0) is 35.9 Å². The molecule has 7 heteroatoms. The Labute approximate surface area is 137 Å². The third-order valence-electron chi connectivity index (χ3n) is 3.80. The first-order valence-electron chi connectivity index (χ1n) is 7.28. The summed E-state index contributed by atoms with van der Waals surface area (Å²) in [5.41, 5.74) is 6.65. The zero-order valence-electron chi connectivity index (χ0n) is 12.6. The van der Waals surface area contributed by atoms with Crippen LogP contribution in [0.15, 0.2) is 42.5 Å². The van der Waals surface area contributed by atoms with Crippen molar-refractivity contribution in [1.82, 2.24) is 0 Å². The molecule has 2 aromatic carbocycles. The van der Waals surface area contributed by atoms with Crippen molar-refractivity contribution in [2.75, 3.05) is 18.1 Å². The summed E-state index contributed by atoms with van der Waals surface area (Å²) in [5.74, 6) is -1.14. The smallest absolute Gasteiger partial charge is 0.414 e. The summed E-state index contributed by atoms with van der Waals surface area (Å²) in [6, 6.07) is 10.6. The summed E-state index contributed by atoms with van der Waals surface area (Å²) < 4.78 is 19.4. The number of hydrogen-bond donors (Lipinski definition) is 2. The van der Waals surface area contributed by atoms with Gasteiger partial charge in [0.2, 0.25) is 5.91 Å². The fourth-order valence-electron chi connectivity index (χ4n) is 2.57. The number of carbonyl (C=O) groups excluding carboxylic acids is 2. The summed E-state index contributed by atoms with van der Waals surface area (Å²) in [6.07, 6.45) is -1.25. The van der Waals surface area contributed by atoms with Gasteiger partial charge >= 0.3 is 6.09 Å². The molecular weight excluding hydrogens is 315 g/mol. The Kier molecular flexibility index (Phi) is 4.18. The molecule has 0 aliphatic carbocycles. The number of halogens is 1. The lowest BCUT2D eigenvalue weighted by Gasteiger charge is -2.14. The Morgan fingerprint density at radius 2 is 2.12 bits per heavy atom. The highest BCUT2D eigenvalue weighted by molar-refractivity contribution is 5.94. The molecule has 0 radical (unpaired) electrons. The number of amides is 2. The fourth-order valence-corrected chi connectivity index (χ4v) is 2.57. The van der Waals surface area contributed by atoms with Gasteiger partial charge in [0.05, 0.1) is 18.8 Å². The molecule has 3 N–H and O–H groups in total. The zero-order valence-corrected chi connectivity index (χ0v) is 12.6. The van der Waals surface area contributed by atoms with Gasteiger partial charge in [0.25, 0.3) is 0 Å². The van der Waals surface area contributed by atoms with Crippen LogP contribution in [0.1, 0.15) is 10.4 Å². The minimum Gasteiger partial charge on any atom is -0.441 e. The number of hydrogen-bond acceptors (Lipinski definition) is 4. The third kappa shape index (κ3) is 2.93. The number of rotatable bonds is 4. The van der Waals surface area contributed by atoms with E-state index in [1.54, 1.807) is 24.3 Å². The molecule has 0 bridgehead atoms. The number of benzene rings is 2. The van der Waals surface area contributed by atoms with Gasteiger partial charge in [0.15, 0.2) is 0 Å². The van der Waals surface area contributed by atoms with Gasteiger partial charge in [0, 0.05) is 11.1 Å². The predicted octanol–water partition coefficient (Wildman–Crippen LogP) is 1.91. The highest BCUT2D eigenvalue weighted by Crippen LogP contribution is 2.29. The highest BCUT2D eigenvalue weighted by atomic mass is 19.1. The summed E-state index contributed by atoms with van der Waals surface area (Å²) in [7, 11) is 0. The van der Waals surface area contributed by atoms with Crippen molar-refractivity contribution in [3.05, 3.63) is 53.8 Å². The minimum atomic E-state index is -0.628. The monoisotopic (exact) mass is 330 g/mol. The molecule has 24 heavy (non-hydrogen) atoms. The van der Waals surface area contributed by atoms with E-state index in [0.717, 1.165) is 0 Å². The number of aliphatic hydroxyl groups is 1. The molecule has 1 fully saturated rings. The molecule has 0 spiro atoms. The maximum atomic E-state index is 14.5. The number of carbonyl (C=O) groups is 2. The standard InChI is InChI=1S/C17H15FN2O4/c18-15-7-12(20-8-13(9-21)24-17(20)23)4-5-14(15)10-2-1-3-11(6-10)16(19)22/h1-7,13,21H,8-9H2,(H2,19,22)/t13-/m1/s1. The van der Waals surface area contributed by atoms with E-state index in [0.29, 0.717) is 11.3 Å². The molecule has 2 aromatic rings. The number of nitrogens with two attached hydrogens (primary N) is 1. The van der Waals surface area contributed by atoms with Gasteiger partial charge in [0.1, 0.15) is 11.9 Å². The molecule has 0 unspecified atom stereocenters. The lowest BCUT2D eigenvalue weighted by atomic mass is 10.0. The van der Waals surface area contributed by atoms with Gasteiger partial charge in [-0.3, -0.25) is 9.69 Å². The Bertz CT molecular complexity index is 809. The first kappa shape index (κ1) is 15.9. The Morgan fingerprint density at radius 1 is 1.33 bits per heavy atom. The summed E-state index contributed by atoms with van der Waals surface area (Å²) >= 11 is 0. The van der Waals surface area contributed by atoms with Gasteiger partial charge in [-0.2, -0.15) is 0 Å². The quantitative estimate of drug-likeness (QED) is 0.895. The van der Waals surface area contributed by atoms with Crippen molar-refractivity contribution in [2.45, 2.75) is 6.10 Å². The molecule has 1 aliphatic rings. The van der Waals surface area contributed by atoms with Gasteiger partial charge in [-0.15, -0.1) is 0 Å². The van der Waals surface area contributed by atoms with E-state index in [-0.39, 0.29) is 24.3 Å². The van der Waals surface area contributed by atoms with Crippen LogP contribution in [0.25, 0.3) is 11.1 Å². The number of cyclic esters (lactones) is 1. The normalized spacial score (nSPS) is 17.0. The largest absolute Gasteiger partial charge is 0.441 e. The number of nitrogens with zero attached hydrogens (tertiary/aromatic N) is 1. The molecule has 1 saturated heterocycles. The van der Waals surface area contributed by atoms with Crippen molar-refractivity contribution in [1.29, 1.82) is 0 Å². The molecule has 1 aliphatic heterocycles. The second-order valence-corrected chi connectivity index (χ2v) is 5.41. The average molecular weight is 330 g/mol. The van der Waals surface area contributed by atoms with E-state index in [4.69, 9.17) is 15.6 Å². The first-order chi connectivity index (χ1) is 11.5. The molecule has 124 valence electrons. The van der Waals surface area contributed by atoms with Crippen LogP contribution in [0.5, 0.6) is 0 Å². The molecule has 0 aromatic heterocycles. The molecule has 1 atom stereocenters. The Balaban J connectivity index is 1.92. The Morgan fingerprint density at radius 3 is 2.75 bits per heavy atom. The SMILES string of the molecule is NC(=O)c1cccc(-c2ccc(N3C[C@H](CO)OC3=O)cc2F)c1. The van der Waals surface area contributed by atoms with Crippen LogP contribution >= 0.6 is 0 Å². The Hall–Kier alpha value is -2.93. The summed E-state index contributed by atoms with van der Waals surface area (Å²) in [4.78, 5) is 24.2. The highest BCUT2D eigenvalue weighted by Gasteiger charge is 2.32. The maximum Gasteiger partial charge on any atom is 0.414 e. The number of anilines is 1. The third-order valence-corrected chi connectivity index (χ3v) is 3.80. The van der Waals surface area contributed by atoms with Gasteiger partial charge < -0.3 is 15.6 Å². The lowest BCUT2D eigenvalue weighted by molar-refractivity contribution is 0.0962. The van der Waals surface area contributed by atoms with Crippen LogP contribution in [-0.2, 0) is 4.74 Å². The summed E-state index contributed by atoms with van der Waals surface area (Å²) in [6.45, 7) is -0.131. The van der Waals surface area contributed by atoms with Crippen LogP contribution in [-0.4, -0.2) is 36.4 Å². The molecule has 6 nitrogen and oxygen atoms in total. The van der Waals surface area contributed by atoms with E-state index in [9.17, 15) is 14.0 Å². The topological polar surface area (TPSA) is 92.9 Å². The minimum absolute atomic E-state index is 0.158. The second kappa shape index (κ2) is 6.29. The molecule has 3 rings (SSSR count). The van der Waals surface area contributed by atoms with Crippen molar-refractivity contribution in [2.24, 2.45) is 5.73 Å². The summed E-state index contributed by atoms with van der Waals surface area (Å²) in [5, 5.41) is 9.05. The number of aliphatic hydroxyl groups excluding tert-OH is 1. The van der Waals surface area contributed by atoms with Crippen LogP contribution < -0.4 is 10.6 Å². The van der Waals surface area contributed by atoms with Crippen LogP contribution in [0.4, 0.5) is 14.9 Å². The maximum absolute atomic E-state index is 14.5. The number of ether oxygens (including phenoxy) is 1. The first-order valence-corrected chi connectivity index (χ1v) is 7.28. The molecular formula is C17H15FN2O4. The van der Waals surface area contributed by atoms with Crippen LogP contribution in [0.2, 0.25) is 0 Å². The van der Waals surface area contributed by atoms with E-state index in [1.165, 1.54) is 23.1 Å². The van der Waals surface area contributed by atoms with Crippen LogP contribution in [0.3, 0.4) is 0 Å². The van der Waals surface area contributed by atoms with E-state index in [2.05, 4.69) is 0 Å². The average Bonchev–Trinajstić information content (AvgIpc) is 2.96. The van der Waals surface area contributed by atoms with E-state index >= 15 is 0 Å². The van der Waals surface area contributed by atoms with Crippen molar-refractivity contribution >= 4 is 17.7 Å². The molecule has 1 heterocycles. The lowest BCUT2D eigenvalue weighted by Crippen LogP contribution is -2.25. The predicted molar refractivity (Wildman–Crippen MR) is 85.1 cm³/mol. The van der Waals surface area contributed by atoms with Crippen LogP contribution in [0, 0.1) is 5.82 Å². The molecule has 2 amide bonds. The molecule has 0 saturated carbocycles. The van der Waals surface area contributed by atoms with Gasteiger partial charge in [-0.25, -0.2) is 9.18 Å².